The van der Waals surface area contributed by atoms with Crippen LogP contribution in [0.1, 0.15) is 0 Å². The van der Waals surface area contributed by atoms with Gasteiger partial charge in [0.1, 0.15) is 0 Å². The quantitative estimate of drug-likeness (QED) is 0.432. The van der Waals surface area contributed by atoms with Crippen molar-refractivity contribution in [1.82, 2.24) is 0 Å². The average Bonchev–Trinajstić information content (AvgIpc) is 2.36. The Labute approximate surface area is 137 Å². The summed E-state index contributed by atoms with van der Waals surface area (Å²) in [5.74, 6) is -0.773. The minimum atomic E-state index is -4.87. The minimum absolute atomic E-state index is 0.0143. The summed E-state index contributed by atoms with van der Waals surface area (Å²) in [6.07, 6.45) is 0. The first-order valence-electron chi connectivity index (χ1n) is 6.08. The molecule has 0 aliphatic carbocycles. The average molecular weight is 376 g/mol. The van der Waals surface area contributed by atoms with Gasteiger partial charge in [0.25, 0.3) is 0 Å². The lowest BCUT2D eigenvalue weighted by Gasteiger charge is -2.13. The summed E-state index contributed by atoms with van der Waals surface area (Å²) in [4.78, 5) is 0. The third-order valence-corrected chi connectivity index (χ3v) is 3.47. The molecular formula is C12H12N2O8S2. The van der Waals surface area contributed by atoms with Crippen molar-refractivity contribution in [2.24, 2.45) is 0 Å². The first-order valence-corrected chi connectivity index (χ1v) is 8.81. The third-order valence-electron chi connectivity index (χ3n) is 2.69. The van der Waals surface area contributed by atoms with Gasteiger partial charge in [0.05, 0.1) is 0 Å². The summed E-state index contributed by atoms with van der Waals surface area (Å²) in [6, 6.07) is 7.54. The summed E-state index contributed by atoms with van der Waals surface area (Å²) in [5, 5.41) is 0. The lowest BCUT2D eigenvalue weighted by atomic mass is 10.0. The second kappa shape index (κ2) is 6.16. The van der Waals surface area contributed by atoms with Gasteiger partial charge in [0, 0.05) is 34.6 Å². The smallest absolute Gasteiger partial charge is 0.399 e. The minimum Gasteiger partial charge on any atom is -0.399 e. The van der Waals surface area contributed by atoms with E-state index in [-0.39, 0.29) is 34.0 Å². The van der Waals surface area contributed by atoms with E-state index in [2.05, 4.69) is 8.37 Å². The molecule has 0 amide bonds. The molecule has 0 saturated carbocycles. The Hall–Kier alpha value is -2.54. The van der Waals surface area contributed by atoms with Crippen molar-refractivity contribution in [2.75, 3.05) is 11.5 Å². The van der Waals surface area contributed by atoms with Gasteiger partial charge in [-0.25, -0.2) is 0 Å². The molecule has 0 heterocycles. The summed E-state index contributed by atoms with van der Waals surface area (Å²) < 4.78 is 70.5. The van der Waals surface area contributed by atoms with Crippen LogP contribution in [0.3, 0.4) is 0 Å². The summed E-state index contributed by atoms with van der Waals surface area (Å²) in [7, 11) is -9.74. The Morgan fingerprint density at radius 3 is 1.33 bits per heavy atom. The third kappa shape index (κ3) is 4.73. The Kier molecular flexibility index (Phi) is 4.57. The number of rotatable bonds is 5. The molecule has 0 radical (unpaired) electrons. The zero-order chi connectivity index (χ0) is 18.1. The molecule has 10 nitrogen and oxygen atoms in total. The Morgan fingerprint density at radius 1 is 0.708 bits per heavy atom. The van der Waals surface area contributed by atoms with Crippen LogP contribution in [0.15, 0.2) is 36.4 Å². The fraction of sp³-hybridized carbons (Fsp3) is 0. The van der Waals surface area contributed by atoms with Crippen molar-refractivity contribution >= 4 is 32.2 Å². The van der Waals surface area contributed by atoms with Gasteiger partial charge in [-0.1, -0.05) is 0 Å². The molecule has 0 fully saturated rings. The number of hydrogen-bond donors (Lipinski definition) is 4. The van der Waals surface area contributed by atoms with Crippen molar-refractivity contribution in [3.8, 4) is 22.6 Å². The van der Waals surface area contributed by atoms with E-state index in [1.165, 1.54) is 24.3 Å². The van der Waals surface area contributed by atoms with E-state index in [4.69, 9.17) is 20.6 Å². The highest BCUT2D eigenvalue weighted by atomic mass is 32.3. The van der Waals surface area contributed by atoms with E-state index < -0.39 is 20.8 Å². The summed E-state index contributed by atoms with van der Waals surface area (Å²) in [6.45, 7) is 0. The number of nitrogen functional groups attached to an aromatic ring is 2. The van der Waals surface area contributed by atoms with Gasteiger partial charge in [-0.3, -0.25) is 9.11 Å². The van der Waals surface area contributed by atoms with Crippen LogP contribution in [0.5, 0.6) is 11.5 Å². The molecule has 2 rings (SSSR count). The summed E-state index contributed by atoms with van der Waals surface area (Å²) in [5.41, 5.74) is 11.3. The Balaban J connectivity index is 2.68. The van der Waals surface area contributed by atoms with E-state index in [0.29, 0.717) is 0 Å². The zero-order valence-electron chi connectivity index (χ0n) is 11.8. The molecule has 2 aromatic carbocycles. The fourth-order valence-electron chi connectivity index (χ4n) is 1.89. The molecule has 0 aliphatic heterocycles. The molecule has 0 unspecified atom stereocenters. The van der Waals surface area contributed by atoms with Gasteiger partial charge in [-0.05, 0) is 24.3 Å². The molecule has 130 valence electrons. The van der Waals surface area contributed by atoms with Crippen LogP contribution in [0.4, 0.5) is 11.4 Å². The van der Waals surface area contributed by atoms with E-state index in [1.54, 1.807) is 0 Å². The number of anilines is 2. The van der Waals surface area contributed by atoms with E-state index in [1.807, 2.05) is 0 Å². The SMILES string of the molecule is Nc1ccc(-c2ccc(N)cc2OS(=O)(=O)O)c(OS(=O)(=O)O)c1. The monoisotopic (exact) mass is 376 g/mol. The number of hydrogen-bond acceptors (Lipinski definition) is 8. The van der Waals surface area contributed by atoms with Gasteiger partial charge in [-0.15, -0.1) is 0 Å². The molecule has 24 heavy (non-hydrogen) atoms. The first kappa shape index (κ1) is 17.8. The zero-order valence-corrected chi connectivity index (χ0v) is 13.4. The highest BCUT2D eigenvalue weighted by Gasteiger charge is 2.19. The first-order chi connectivity index (χ1) is 10.9. The van der Waals surface area contributed by atoms with Crippen LogP contribution in [0.2, 0.25) is 0 Å². The lowest BCUT2D eigenvalue weighted by Crippen LogP contribution is -2.10. The van der Waals surface area contributed by atoms with Crippen LogP contribution in [-0.4, -0.2) is 25.9 Å². The molecule has 0 aromatic heterocycles. The van der Waals surface area contributed by atoms with Crippen LogP contribution in [0.25, 0.3) is 11.1 Å². The Morgan fingerprint density at radius 2 is 1.04 bits per heavy atom. The molecule has 0 atom stereocenters. The molecule has 0 spiro atoms. The van der Waals surface area contributed by atoms with E-state index in [9.17, 15) is 16.8 Å². The maximum absolute atomic E-state index is 11.0. The van der Waals surface area contributed by atoms with Crippen molar-refractivity contribution in [1.29, 1.82) is 0 Å². The van der Waals surface area contributed by atoms with Crippen molar-refractivity contribution < 1.29 is 34.3 Å². The normalized spacial score (nSPS) is 11.9. The number of nitrogens with two attached hydrogens (primary N) is 2. The summed E-state index contributed by atoms with van der Waals surface area (Å²) >= 11 is 0. The maximum atomic E-state index is 11.0. The highest BCUT2D eigenvalue weighted by molar-refractivity contribution is 7.81. The molecule has 12 heteroatoms. The number of benzene rings is 2. The van der Waals surface area contributed by atoms with Gasteiger partial charge in [-0.2, -0.15) is 16.8 Å². The molecule has 0 aliphatic rings. The van der Waals surface area contributed by atoms with Gasteiger partial charge in [0.2, 0.25) is 0 Å². The molecule has 0 bridgehead atoms. The van der Waals surface area contributed by atoms with Gasteiger partial charge < -0.3 is 19.8 Å². The van der Waals surface area contributed by atoms with Crippen LogP contribution >= 0.6 is 0 Å². The van der Waals surface area contributed by atoms with Crippen LogP contribution in [-0.2, 0) is 20.8 Å². The maximum Gasteiger partial charge on any atom is 0.446 e. The molecular weight excluding hydrogens is 364 g/mol. The van der Waals surface area contributed by atoms with E-state index in [0.717, 1.165) is 12.1 Å². The predicted octanol–water partition coefficient (Wildman–Crippen LogP) is 0.881. The van der Waals surface area contributed by atoms with Gasteiger partial charge in [0.15, 0.2) is 11.5 Å². The highest BCUT2D eigenvalue weighted by Crippen LogP contribution is 2.39. The van der Waals surface area contributed by atoms with Gasteiger partial charge >= 0.3 is 20.8 Å². The Bertz CT molecular complexity index is 905. The topological polar surface area (TPSA) is 179 Å². The van der Waals surface area contributed by atoms with Crippen molar-refractivity contribution in [3.63, 3.8) is 0 Å². The van der Waals surface area contributed by atoms with Crippen molar-refractivity contribution in [2.45, 2.75) is 0 Å². The second-order valence-corrected chi connectivity index (χ2v) is 6.58. The van der Waals surface area contributed by atoms with E-state index >= 15 is 0 Å². The lowest BCUT2D eigenvalue weighted by molar-refractivity contribution is 0.383. The van der Waals surface area contributed by atoms with Crippen molar-refractivity contribution in [3.05, 3.63) is 36.4 Å². The van der Waals surface area contributed by atoms with Crippen LogP contribution < -0.4 is 19.8 Å². The largest absolute Gasteiger partial charge is 0.446 e. The molecule has 0 saturated heterocycles. The molecule has 6 N–H and O–H groups in total. The predicted molar refractivity (Wildman–Crippen MR) is 85.1 cm³/mol. The van der Waals surface area contributed by atoms with Crippen LogP contribution in [0, 0.1) is 0 Å². The second-order valence-electron chi connectivity index (χ2n) is 4.53. The fourth-order valence-corrected chi connectivity index (χ4v) is 2.62. The molecule has 2 aromatic rings. The standard InChI is InChI=1S/C12H12N2O8S2/c13-7-1-3-9(11(5-7)21-23(15,16)17)10-4-2-8(14)6-12(10)22-24(18,19)20/h1-6H,13-14H2,(H,15,16,17)(H,18,19,20).